The van der Waals surface area contributed by atoms with E-state index in [-0.39, 0.29) is 12.1 Å². The van der Waals surface area contributed by atoms with Gasteiger partial charge in [-0.15, -0.1) is 0 Å². The third kappa shape index (κ3) is 2.78. The van der Waals surface area contributed by atoms with E-state index in [0.29, 0.717) is 5.92 Å². The van der Waals surface area contributed by atoms with Gasteiger partial charge in [0.15, 0.2) is 0 Å². The smallest absolute Gasteiger partial charge is 0.118 e. The van der Waals surface area contributed by atoms with Crippen molar-refractivity contribution in [2.75, 3.05) is 19.0 Å². The van der Waals surface area contributed by atoms with E-state index in [1.807, 2.05) is 0 Å². The lowest BCUT2D eigenvalue weighted by molar-refractivity contribution is -0.0372. The van der Waals surface area contributed by atoms with Crippen LogP contribution in [0.15, 0.2) is 60.7 Å². The van der Waals surface area contributed by atoms with Gasteiger partial charge >= 0.3 is 0 Å². The van der Waals surface area contributed by atoms with E-state index in [1.54, 1.807) is 7.11 Å². The minimum absolute atomic E-state index is 0.108. The molecule has 158 valence electrons. The highest BCUT2D eigenvalue weighted by Gasteiger charge is 2.41. The first-order valence-electron chi connectivity index (χ1n) is 11.4. The van der Waals surface area contributed by atoms with Gasteiger partial charge in [-0.2, -0.15) is 0 Å². The zero-order chi connectivity index (χ0) is 20.9. The molecular weight excluding hydrogens is 384 g/mol. The Balaban J connectivity index is 1.56. The summed E-state index contributed by atoms with van der Waals surface area (Å²) in [5, 5.41) is 6.59. The Hall–Kier alpha value is -2.98. The van der Waals surface area contributed by atoms with E-state index in [2.05, 4.69) is 77.5 Å². The highest BCUT2D eigenvalue weighted by atomic mass is 16.5. The monoisotopic (exact) mass is 412 g/mol. The maximum atomic E-state index is 6.53. The Kier molecular flexibility index (Phi) is 4.43. The predicted molar refractivity (Wildman–Crippen MR) is 126 cm³/mol. The fourth-order valence-corrected chi connectivity index (χ4v) is 5.79. The van der Waals surface area contributed by atoms with Crippen molar-refractivity contribution in [3.8, 4) is 5.75 Å². The number of anilines is 1. The van der Waals surface area contributed by atoms with Crippen LogP contribution >= 0.6 is 0 Å². The molecule has 2 aliphatic heterocycles. The first kappa shape index (κ1) is 18.8. The van der Waals surface area contributed by atoms with Crippen molar-refractivity contribution in [1.29, 1.82) is 0 Å². The Morgan fingerprint density at radius 1 is 1.03 bits per heavy atom. The van der Waals surface area contributed by atoms with E-state index < -0.39 is 0 Å². The van der Waals surface area contributed by atoms with Gasteiger partial charge in [-0.3, -0.25) is 0 Å². The van der Waals surface area contributed by atoms with Crippen LogP contribution in [0.1, 0.15) is 43.0 Å². The second-order valence-corrected chi connectivity index (χ2v) is 8.67. The van der Waals surface area contributed by atoms with Crippen LogP contribution in [0.5, 0.6) is 5.75 Å². The average molecular weight is 413 g/mol. The summed E-state index contributed by atoms with van der Waals surface area (Å²) in [5.41, 5.74) is 6.45. The highest BCUT2D eigenvalue weighted by molar-refractivity contribution is 6.11. The lowest BCUT2D eigenvalue weighted by Crippen LogP contribution is -2.36. The van der Waals surface area contributed by atoms with Crippen molar-refractivity contribution in [1.82, 2.24) is 4.57 Å². The largest absolute Gasteiger partial charge is 0.497 e. The number of methoxy groups -OCH3 is 1. The molecule has 1 N–H and O–H groups in total. The van der Waals surface area contributed by atoms with Crippen LogP contribution in [0.4, 0.5) is 5.69 Å². The molecule has 6 rings (SSSR count). The number of hydrogen-bond donors (Lipinski definition) is 1. The molecule has 1 saturated heterocycles. The molecule has 4 heteroatoms. The van der Waals surface area contributed by atoms with Gasteiger partial charge < -0.3 is 19.4 Å². The maximum absolute atomic E-state index is 6.53. The quantitative estimate of drug-likeness (QED) is 0.419. The molecule has 0 spiro atoms. The van der Waals surface area contributed by atoms with E-state index in [4.69, 9.17) is 9.47 Å². The first-order valence-corrected chi connectivity index (χ1v) is 11.4. The summed E-state index contributed by atoms with van der Waals surface area (Å²) in [5.74, 6) is 1.30. The zero-order valence-electron chi connectivity index (χ0n) is 18.1. The van der Waals surface area contributed by atoms with Crippen LogP contribution in [-0.4, -0.2) is 18.3 Å². The van der Waals surface area contributed by atoms with Crippen molar-refractivity contribution in [2.45, 2.75) is 38.5 Å². The second-order valence-electron chi connectivity index (χ2n) is 8.67. The number of ether oxygens (including phenoxy) is 2. The number of aromatic nitrogens is 1. The van der Waals surface area contributed by atoms with E-state index in [0.717, 1.165) is 31.7 Å². The molecule has 4 aromatic rings. The normalized spacial score (nSPS) is 22.7. The van der Waals surface area contributed by atoms with Gasteiger partial charge in [-0.05, 0) is 55.7 Å². The summed E-state index contributed by atoms with van der Waals surface area (Å²) in [6, 6.07) is 22.1. The van der Waals surface area contributed by atoms with Crippen LogP contribution in [-0.2, 0) is 11.3 Å². The third-order valence-electron chi connectivity index (χ3n) is 7.16. The van der Waals surface area contributed by atoms with Crippen molar-refractivity contribution < 1.29 is 9.47 Å². The summed E-state index contributed by atoms with van der Waals surface area (Å²) in [7, 11) is 1.72. The first-order chi connectivity index (χ1) is 15.3. The molecule has 3 atom stereocenters. The van der Waals surface area contributed by atoms with Gasteiger partial charge in [0.2, 0.25) is 0 Å². The van der Waals surface area contributed by atoms with Crippen LogP contribution in [0.3, 0.4) is 0 Å². The Bertz CT molecular complexity index is 1260. The number of hydrogen-bond acceptors (Lipinski definition) is 3. The van der Waals surface area contributed by atoms with Crippen molar-refractivity contribution >= 4 is 27.5 Å². The van der Waals surface area contributed by atoms with Crippen LogP contribution in [0.25, 0.3) is 21.8 Å². The molecule has 4 nitrogen and oxygen atoms in total. The molecule has 0 saturated carbocycles. The third-order valence-corrected chi connectivity index (χ3v) is 7.16. The van der Waals surface area contributed by atoms with Crippen molar-refractivity contribution in [3.63, 3.8) is 0 Å². The summed E-state index contributed by atoms with van der Waals surface area (Å²) in [6.07, 6.45) is 2.38. The molecule has 0 bridgehead atoms. The van der Waals surface area contributed by atoms with E-state index >= 15 is 0 Å². The number of nitrogens with zero attached hydrogens (tertiary/aromatic N) is 1. The minimum atomic E-state index is 0.108. The van der Waals surface area contributed by atoms with Crippen LogP contribution < -0.4 is 10.1 Å². The maximum Gasteiger partial charge on any atom is 0.118 e. The van der Waals surface area contributed by atoms with Crippen molar-refractivity contribution in [3.05, 3.63) is 71.8 Å². The highest BCUT2D eigenvalue weighted by Crippen LogP contribution is 2.52. The summed E-state index contributed by atoms with van der Waals surface area (Å²) in [6.45, 7) is 4.02. The Morgan fingerprint density at radius 3 is 2.68 bits per heavy atom. The minimum Gasteiger partial charge on any atom is -0.497 e. The van der Waals surface area contributed by atoms with Gasteiger partial charge in [0.05, 0.1) is 19.3 Å². The molecule has 0 aliphatic carbocycles. The molecule has 0 radical (unpaired) electrons. The zero-order valence-corrected chi connectivity index (χ0v) is 18.1. The van der Waals surface area contributed by atoms with Gasteiger partial charge in [0, 0.05) is 52.1 Å². The molecule has 1 aromatic heterocycles. The van der Waals surface area contributed by atoms with Gasteiger partial charge in [0.1, 0.15) is 5.75 Å². The number of aryl methyl sites for hydroxylation is 1. The molecule has 2 aliphatic rings. The SMILES string of the molecule is CCn1c2ccccc2c2c3c(ccc21)N[C@@H](c1ccc(OC)cc1)[C@H]1CCCO[C@@H]31. The number of fused-ring (bicyclic) bond motifs is 7. The molecule has 3 aromatic carbocycles. The number of para-hydroxylation sites is 1. The van der Waals surface area contributed by atoms with Crippen molar-refractivity contribution in [2.24, 2.45) is 5.92 Å². The lowest BCUT2D eigenvalue weighted by Gasteiger charge is -2.43. The Labute approximate surface area is 182 Å². The summed E-state index contributed by atoms with van der Waals surface area (Å²) >= 11 is 0. The van der Waals surface area contributed by atoms with Gasteiger partial charge in [-0.25, -0.2) is 0 Å². The van der Waals surface area contributed by atoms with E-state index in [9.17, 15) is 0 Å². The summed E-state index contributed by atoms with van der Waals surface area (Å²) < 4.78 is 14.3. The fourth-order valence-electron chi connectivity index (χ4n) is 5.79. The fraction of sp³-hybridized carbons (Fsp3) is 0.333. The predicted octanol–water partition coefficient (Wildman–Crippen LogP) is 6.46. The van der Waals surface area contributed by atoms with Crippen LogP contribution in [0.2, 0.25) is 0 Å². The average Bonchev–Trinajstić information content (AvgIpc) is 3.17. The van der Waals surface area contributed by atoms with Crippen LogP contribution in [0, 0.1) is 5.92 Å². The molecule has 0 unspecified atom stereocenters. The molecule has 0 amide bonds. The van der Waals surface area contributed by atoms with Gasteiger partial charge in [0.25, 0.3) is 0 Å². The molecule has 1 fully saturated rings. The molecule has 3 heterocycles. The van der Waals surface area contributed by atoms with Gasteiger partial charge in [-0.1, -0.05) is 30.3 Å². The number of benzene rings is 3. The Morgan fingerprint density at radius 2 is 1.87 bits per heavy atom. The summed E-state index contributed by atoms with van der Waals surface area (Å²) in [4.78, 5) is 0. The standard InChI is InChI=1S/C27H28N2O2/c1-3-29-22-9-5-4-7-19(22)24-23(29)15-14-21-25(24)27-20(8-6-16-31-27)26(28-21)17-10-12-18(30-2)13-11-17/h4-5,7,9-15,20,26-28H,3,6,8,16H2,1-2H3/t20-,26+,27-/m1/s1. The number of rotatable bonds is 3. The lowest BCUT2D eigenvalue weighted by atomic mass is 9.76. The topological polar surface area (TPSA) is 35.4 Å². The molecular formula is C27H28N2O2. The molecule has 31 heavy (non-hydrogen) atoms. The second kappa shape index (κ2) is 7.31. The van der Waals surface area contributed by atoms with E-state index in [1.165, 1.54) is 38.6 Å². The number of nitrogens with one attached hydrogen (secondary N) is 1.